The van der Waals surface area contributed by atoms with Gasteiger partial charge in [-0.05, 0) is 44.6 Å². The van der Waals surface area contributed by atoms with Crippen molar-refractivity contribution >= 4 is 17.0 Å². The van der Waals surface area contributed by atoms with Crippen LogP contribution in [0, 0.1) is 5.82 Å². The summed E-state index contributed by atoms with van der Waals surface area (Å²) in [6.45, 7) is 2.04. The molecule has 18 heavy (non-hydrogen) atoms. The van der Waals surface area contributed by atoms with E-state index < -0.39 is 0 Å². The maximum atomic E-state index is 13.1. The van der Waals surface area contributed by atoms with Gasteiger partial charge in [-0.3, -0.25) is 0 Å². The number of rotatable bonds is 3. The quantitative estimate of drug-likeness (QED) is 0.875. The molecule has 1 saturated heterocycles. The van der Waals surface area contributed by atoms with Crippen LogP contribution in [0.3, 0.4) is 0 Å². The summed E-state index contributed by atoms with van der Waals surface area (Å²) in [6, 6.07) is 5.15. The van der Waals surface area contributed by atoms with E-state index >= 15 is 0 Å². The highest BCUT2D eigenvalue weighted by Gasteiger charge is 2.20. The monoisotopic (exact) mass is 248 g/mol. The summed E-state index contributed by atoms with van der Waals surface area (Å²) >= 11 is 0. The number of nitrogens with zero attached hydrogens (tertiary/aromatic N) is 2. The highest BCUT2D eigenvalue weighted by Crippen LogP contribution is 2.17. The van der Waals surface area contributed by atoms with Gasteiger partial charge in [0.05, 0.1) is 11.0 Å². The second-order valence-electron chi connectivity index (χ2n) is 4.90. The van der Waals surface area contributed by atoms with Crippen molar-refractivity contribution in [2.24, 2.45) is 0 Å². The van der Waals surface area contributed by atoms with Crippen molar-refractivity contribution in [1.29, 1.82) is 0 Å². The third-order valence-electron chi connectivity index (χ3n) is 3.62. The Kier molecular flexibility index (Phi) is 2.91. The number of nitrogens with one attached hydrogen (secondary N) is 2. The molecule has 0 amide bonds. The van der Waals surface area contributed by atoms with Crippen molar-refractivity contribution in [3.05, 3.63) is 24.0 Å². The highest BCUT2D eigenvalue weighted by molar-refractivity contribution is 5.77. The van der Waals surface area contributed by atoms with Gasteiger partial charge in [0.25, 0.3) is 0 Å². The lowest BCUT2D eigenvalue weighted by Gasteiger charge is -2.19. The lowest BCUT2D eigenvalue weighted by Crippen LogP contribution is -2.31. The summed E-state index contributed by atoms with van der Waals surface area (Å²) in [6.07, 6.45) is 2.48. The van der Waals surface area contributed by atoms with Gasteiger partial charge in [-0.25, -0.2) is 9.37 Å². The van der Waals surface area contributed by atoms with Crippen molar-refractivity contribution in [2.75, 3.05) is 25.5 Å². The fraction of sp³-hybridized carbons (Fsp3) is 0.462. The van der Waals surface area contributed by atoms with Crippen LogP contribution in [0.1, 0.15) is 12.8 Å². The van der Waals surface area contributed by atoms with Gasteiger partial charge in [-0.1, -0.05) is 0 Å². The summed E-state index contributed by atoms with van der Waals surface area (Å²) in [5.74, 6) is 0.476. The van der Waals surface area contributed by atoms with Crippen LogP contribution in [0.2, 0.25) is 0 Å². The topological polar surface area (TPSA) is 44.0 Å². The number of hydrogen-bond acceptors (Lipinski definition) is 3. The number of likely N-dealkylation sites (tertiary alicyclic amines) is 1. The minimum Gasteiger partial charge on any atom is -0.354 e. The molecule has 1 aromatic carbocycles. The first-order valence-electron chi connectivity index (χ1n) is 6.32. The lowest BCUT2D eigenvalue weighted by molar-refractivity contribution is 0.322. The average molecular weight is 248 g/mol. The number of fused-ring (bicyclic) bond motifs is 1. The van der Waals surface area contributed by atoms with Crippen molar-refractivity contribution < 1.29 is 4.39 Å². The van der Waals surface area contributed by atoms with E-state index in [0.29, 0.717) is 6.04 Å². The fourth-order valence-electron chi connectivity index (χ4n) is 2.52. The second kappa shape index (κ2) is 4.57. The normalized spacial score (nSPS) is 20.7. The summed E-state index contributed by atoms with van der Waals surface area (Å²) in [4.78, 5) is 9.84. The molecule has 0 spiro atoms. The fourth-order valence-corrected chi connectivity index (χ4v) is 2.52. The zero-order chi connectivity index (χ0) is 12.5. The first-order chi connectivity index (χ1) is 8.72. The smallest absolute Gasteiger partial charge is 0.201 e. The Morgan fingerprint density at radius 2 is 2.44 bits per heavy atom. The van der Waals surface area contributed by atoms with Crippen molar-refractivity contribution in [1.82, 2.24) is 14.9 Å². The van der Waals surface area contributed by atoms with E-state index in [1.165, 1.54) is 25.0 Å². The van der Waals surface area contributed by atoms with Crippen LogP contribution >= 0.6 is 0 Å². The van der Waals surface area contributed by atoms with E-state index in [2.05, 4.69) is 27.2 Å². The van der Waals surface area contributed by atoms with E-state index in [4.69, 9.17) is 0 Å². The summed E-state index contributed by atoms with van der Waals surface area (Å²) in [5.41, 5.74) is 1.52. The zero-order valence-electron chi connectivity index (χ0n) is 10.4. The van der Waals surface area contributed by atoms with Crippen LogP contribution < -0.4 is 5.32 Å². The Labute approximate surface area is 105 Å². The molecule has 1 unspecified atom stereocenters. The van der Waals surface area contributed by atoms with Crippen molar-refractivity contribution in [3.8, 4) is 0 Å². The molecule has 2 heterocycles. The van der Waals surface area contributed by atoms with Gasteiger partial charge in [-0.15, -0.1) is 0 Å². The van der Waals surface area contributed by atoms with E-state index in [1.54, 1.807) is 6.07 Å². The van der Waals surface area contributed by atoms with Gasteiger partial charge in [0, 0.05) is 12.6 Å². The van der Waals surface area contributed by atoms with Gasteiger partial charge in [0.15, 0.2) is 0 Å². The first-order valence-corrected chi connectivity index (χ1v) is 6.32. The van der Waals surface area contributed by atoms with E-state index in [-0.39, 0.29) is 5.82 Å². The number of H-pyrrole nitrogens is 1. The van der Waals surface area contributed by atoms with Crippen LogP contribution in [0.4, 0.5) is 10.3 Å². The molecule has 1 aliphatic rings. The van der Waals surface area contributed by atoms with Crippen LogP contribution in [0.25, 0.3) is 11.0 Å². The molecular formula is C13H17FN4. The van der Waals surface area contributed by atoms with E-state index in [0.717, 1.165) is 30.1 Å². The Morgan fingerprint density at radius 3 is 3.22 bits per heavy atom. The van der Waals surface area contributed by atoms with Gasteiger partial charge in [-0.2, -0.15) is 0 Å². The molecule has 0 bridgehead atoms. The number of imidazole rings is 1. The van der Waals surface area contributed by atoms with Crippen LogP contribution in [0.5, 0.6) is 0 Å². The molecular weight excluding hydrogens is 231 g/mol. The minimum absolute atomic E-state index is 0.242. The average Bonchev–Trinajstić information content (AvgIpc) is 2.92. The Balaban J connectivity index is 1.71. The molecule has 2 N–H and O–H groups in total. The largest absolute Gasteiger partial charge is 0.354 e. The van der Waals surface area contributed by atoms with Gasteiger partial charge >= 0.3 is 0 Å². The number of halogens is 1. The van der Waals surface area contributed by atoms with Crippen molar-refractivity contribution in [2.45, 2.75) is 18.9 Å². The third-order valence-corrected chi connectivity index (χ3v) is 3.62. The Hall–Kier alpha value is -1.62. The molecule has 96 valence electrons. The number of hydrogen-bond donors (Lipinski definition) is 2. The zero-order valence-corrected chi connectivity index (χ0v) is 10.4. The predicted molar refractivity (Wildman–Crippen MR) is 70.2 cm³/mol. The third kappa shape index (κ3) is 2.18. The predicted octanol–water partition coefficient (Wildman–Crippen LogP) is 2.21. The molecule has 1 fully saturated rings. The minimum atomic E-state index is -0.242. The maximum absolute atomic E-state index is 13.1. The second-order valence-corrected chi connectivity index (χ2v) is 4.90. The first kappa shape index (κ1) is 11.5. The van der Waals surface area contributed by atoms with Crippen LogP contribution in [-0.2, 0) is 0 Å². The van der Waals surface area contributed by atoms with Crippen molar-refractivity contribution in [3.63, 3.8) is 0 Å². The number of benzene rings is 1. The summed E-state index contributed by atoms with van der Waals surface area (Å²) in [7, 11) is 2.15. The lowest BCUT2D eigenvalue weighted by atomic mass is 10.2. The molecule has 2 aromatic rings. The molecule has 3 rings (SSSR count). The number of aromatic nitrogens is 2. The van der Waals surface area contributed by atoms with E-state index in [9.17, 15) is 4.39 Å². The number of aromatic amines is 1. The molecule has 1 aromatic heterocycles. The van der Waals surface area contributed by atoms with Gasteiger partial charge in [0.2, 0.25) is 5.95 Å². The number of likely N-dealkylation sites (N-methyl/N-ethyl adjacent to an activating group) is 1. The Bertz CT molecular complexity index is 551. The molecule has 0 saturated carbocycles. The number of anilines is 1. The van der Waals surface area contributed by atoms with E-state index in [1.807, 2.05) is 0 Å². The molecule has 1 aliphatic heterocycles. The Morgan fingerprint density at radius 1 is 1.56 bits per heavy atom. The maximum Gasteiger partial charge on any atom is 0.201 e. The summed E-state index contributed by atoms with van der Waals surface area (Å²) < 4.78 is 13.1. The molecule has 1 atom stereocenters. The van der Waals surface area contributed by atoms with Gasteiger partial charge < -0.3 is 15.2 Å². The standard InChI is InChI=1S/C13H17FN4/c1-18-6-2-3-10(18)8-15-13-16-11-5-4-9(14)7-12(11)17-13/h4-5,7,10H,2-3,6,8H2,1H3,(H2,15,16,17). The van der Waals surface area contributed by atoms with Gasteiger partial charge in [0.1, 0.15) is 5.82 Å². The summed E-state index contributed by atoms with van der Waals surface area (Å²) in [5, 5.41) is 3.30. The molecule has 4 nitrogen and oxygen atoms in total. The van der Waals surface area contributed by atoms with Crippen LogP contribution in [0.15, 0.2) is 18.2 Å². The van der Waals surface area contributed by atoms with Crippen LogP contribution in [-0.4, -0.2) is 41.0 Å². The highest BCUT2D eigenvalue weighted by atomic mass is 19.1. The molecule has 0 radical (unpaired) electrons. The molecule has 0 aliphatic carbocycles. The SMILES string of the molecule is CN1CCCC1CNc1nc2ccc(F)cc2[nH]1. The molecule has 5 heteroatoms.